The lowest BCUT2D eigenvalue weighted by molar-refractivity contribution is 0.0536. The summed E-state index contributed by atoms with van der Waals surface area (Å²) in [5, 5.41) is 1.89. The molecule has 7 heteroatoms. The molecular weight excluding hydrogens is 352 g/mol. The van der Waals surface area contributed by atoms with Crippen molar-refractivity contribution in [1.82, 2.24) is 9.80 Å². The number of benzene rings is 1. The molecule has 2 heterocycles. The third-order valence-corrected chi connectivity index (χ3v) is 5.45. The summed E-state index contributed by atoms with van der Waals surface area (Å²) in [5.74, 6) is 1.16. The van der Waals surface area contributed by atoms with Crippen molar-refractivity contribution in [2.24, 2.45) is 0 Å². The summed E-state index contributed by atoms with van der Waals surface area (Å²) in [6.45, 7) is 3.93. The zero-order valence-corrected chi connectivity index (χ0v) is 16.0. The molecule has 1 aliphatic heterocycles. The highest BCUT2D eigenvalue weighted by Crippen LogP contribution is 2.32. The summed E-state index contributed by atoms with van der Waals surface area (Å²) in [5.41, 5.74) is 1.32. The van der Waals surface area contributed by atoms with Gasteiger partial charge in [-0.05, 0) is 30.5 Å². The van der Waals surface area contributed by atoms with E-state index in [0.29, 0.717) is 43.2 Å². The number of hydrogen-bond acceptors (Lipinski definition) is 5. The van der Waals surface area contributed by atoms with Crippen molar-refractivity contribution in [2.75, 3.05) is 40.4 Å². The molecule has 3 rings (SSSR count). The highest BCUT2D eigenvalue weighted by molar-refractivity contribution is 7.12. The Morgan fingerprint density at radius 1 is 0.962 bits per heavy atom. The van der Waals surface area contributed by atoms with E-state index in [2.05, 4.69) is 0 Å². The molecular formula is C19H22N2O4S. The van der Waals surface area contributed by atoms with Gasteiger partial charge < -0.3 is 19.3 Å². The minimum Gasteiger partial charge on any atom is -0.496 e. The molecule has 0 atom stereocenters. The average Bonchev–Trinajstić information content (AvgIpc) is 3.21. The molecule has 0 unspecified atom stereocenters. The first-order valence-electron chi connectivity index (χ1n) is 8.40. The fourth-order valence-corrected chi connectivity index (χ4v) is 3.86. The summed E-state index contributed by atoms with van der Waals surface area (Å²) in [4.78, 5) is 29.7. The van der Waals surface area contributed by atoms with Gasteiger partial charge in [0.05, 0.1) is 24.7 Å². The van der Waals surface area contributed by atoms with Gasteiger partial charge in [0.15, 0.2) is 0 Å². The molecule has 2 aromatic rings. The van der Waals surface area contributed by atoms with Gasteiger partial charge >= 0.3 is 0 Å². The van der Waals surface area contributed by atoms with Crippen LogP contribution < -0.4 is 9.47 Å². The second-order valence-corrected chi connectivity index (χ2v) is 6.98. The Hall–Kier alpha value is -2.54. The number of hydrogen-bond donors (Lipinski definition) is 0. The predicted octanol–water partition coefficient (Wildman–Crippen LogP) is 2.67. The van der Waals surface area contributed by atoms with Crippen LogP contribution in [-0.2, 0) is 0 Å². The van der Waals surface area contributed by atoms with Crippen LogP contribution in [0.4, 0.5) is 0 Å². The zero-order valence-electron chi connectivity index (χ0n) is 15.2. The monoisotopic (exact) mass is 374 g/mol. The number of methoxy groups -OCH3 is 2. The van der Waals surface area contributed by atoms with Crippen LogP contribution in [0.25, 0.3) is 0 Å². The van der Waals surface area contributed by atoms with Crippen LogP contribution in [0.1, 0.15) is 25.6 Å². The Labute approximate surface area is 156 Å². The van der Waals surface area contributed by atoms with Gasteiger partial charge in [0, 0.05) is 31.7 Å². The molecule has 2 amide bonds. The minimum atomic E-state index is -0.0872. The normalized spacial score (nSPS) is 14.3. The SMILES string of the molecule is COc1ccc(C(=O)N2CCN(C(=O)c3cccs3)CC2)c(OC)c1C. The van der Waals surface area contributed by atoms with Gasteiger partial charge in [0.25, 0.3) is 11.8 Å². The van der Waals surface area contributed by atoms with E-state index >= 15 is 0 Å². The van der Waals surface area contributed by atoms with Crippen molar-refractivity contribution in [3.05, 3.63) is 45.6 Å². The molecule has 1 fully saturated rings. The van der Waals surface area contributed by atoms with Crippen molar-refractivity contribution in [3.8, 4) is 11.5 Å². The fourth-order valence-electron chi connectivity index (χ4n) is 3.17. The highest BCUT2D eigenvalue weighted by atomic mass is 32.1. The molecule has 1 saturated heterocycles. The molecule has 1 aromatic heterocycles. The smallest absolute Gasteiger partial charge is 0.264 e. The summed E-state index contributed by atoms with van der Waals surface area (Å²) in [7, 11) is 3.14. The van der Waals surface area contributed by atoms with Gasteiger partial charge in [0.2, 0.25) is 0 Å². The number of carbonyl (C=O) groups excluding carboxylic acids is 2. The Bertz CT molecular complexity index is 796. The Balaban J connectivity index is 1.71. The molecule has 6 nitrogen and oxygen atoms in total. The van der Waals surface area contributed by atoms with Gasteiger partial charge in [0.1, 0.15) is 11.5 Å². The number of rotatable bonds is 4. The topological polar surface area (TPSA) is 59.1 Å². The maximum absolute atomic E-state index is 12.9. The standard InChI is InChI=1S/C19H22N2O4S/c1-13-15(24-2)7-6-14(17(13)25-3)18(22)20-8-10-21(11-9-20)19(23)16-5-4-12-26-16/h4-7,12H,8-11H2,1-3H3. The van der Waals surface area contributed by atoms with E-state index in [4.69, 9.17) is 9.47 Å². The highest BCUT2D eigenvalue weighted by Gasteiger charge is 2.28. The summed E-state index contributed by atoms with van der Waals surface area (Å²) in [6, 6.07) is 7.21. The Morgan fingerprint density at radius 2 is 1.62 bits per heavy atom. The summed E-state index contributed by atoms with van der Waals surface area (Å²) < 4.78 is 10.7. The lowest BCUT2D eigenvalue weighted by Crippen LogP contribution is -2.50. The van der Waals surface area contributed by atoms with Crippen molar-refractivity contribution < 1.29 is 19.1 Å². The predicted molar refractivity (Wildman–Crippen MR) is 100 cm³/mol. The van der Waals surface area contributed by atoms with E-state index in [1.54, 1.807) is 36.2 Å². The molecule has 0 bridgehead atoms. The van der Waals surface area contributed by atoms with E-state index in [1.807, 2.05) is 24.4 Å². The van der Waals surface area contributed by atoms with Crippen molar-refractivity contribution in [2.45, 2.75) is 6.92 Å². The van der Waals surface area contributed by atoms with Crippen LogP contribution in [0.3, 0.4) is 0 Å². The Morgan fingerprint density at radius 3 is 2.15 bits per heavy atom. The summed E-state index contributed by atoms with van der Waals surface area (Å²) in [6.07, 6.45) is 0. The Kier molecular flexibility index (Phi) is 5.46. The average molecular weight is 374 g/mol. The van der Waals surface area contributed by atoms with E-state index in [1.165, 1.54) is 11.3 Å². The largest absolute Gasteiger partial charge is 0.496 e. The molecule has 0 spiro atoms. The van der Waals surface area contributed by atoms with Gasteiger partial charge in [-0.15, -0.1) is 11.3 Å². The molecule has 0 aliphatic carbocycles. The number of ether oxygens (including phenoxy) is 2. The van der Waals surface area contributed by atoms with Crippen LogP contribution in [-0.4, -0.2) is 62.0 Å². The van der Waals surface area contributed by atoms with Crippen LogP contribution in [0, 0.1) is 6.92 Å². The molecule has 138 valence electrons. The molecule has 1 aromatic carbocycles. The minimum absolute atomic E-state index is 0.0324. The number of amides is 2. The third kappa shape index (κ3) is 3.39. The first kappa shape index (κ1) is 18.3. The van der Waals surface area contributed by atoms with Crippen molar-refractivity contribution in [3.63, 3.8) is 0 Å². The van der Waals surface area contributed by atoms with Gasteiger partial charge in [-0.2, -0.15) is 0 Å². The second kappa shape index (κ2) is 7.78. The maximum atomic E-state index is 12.9. The van der Waals surface area contributed by atoms with E-state index in [9.17, 15) is 9.59 Å². The third-order valence-electron chi connectivity index (χ3n) is 4.60. The number of nitrogens with zero attached hydrogens (tertiary/aromatic N) is 2. The molecule has 1 aliphatic rings. The number of thiophene rings is 1. The van der Waals surface area contributed by atoms with Crippen molar-refractivity contribution >= 4 is 23.2 Å². The van der Waals surface area contributed by atoms with Gasteiger partial charge in [-0.3, -0.25) is 9.59 Å². The van der Waals surface area contributed by atoms with E-state index in [-0.39, 0.29) is 11.8 Å². The van der Waals surface area contributed by atoms with E-state index in [0.717, 1.165) is 10.4 Å². The van der Waals surface area contributed by atoms with Crippen molar-refractivity contribution in [1.29, 1.82) is 0 Å². The molecule has 26 heavy (non-hydrogen) atoms. The fraction of sp³-hybridized carbons (Fsp3) is 0.368. The van der Waals surface area contributed by atoms with Crippen LogP contribution in [0.15, 0.2) is 29.6 Å². The lowest BCUT2D eigenvalue weighted by atomic mass is 10.1. The first-order chi connectivity index (χ1) is 12.6. The summed E-state index contributed by atoms with van der Waals surface area (Å²) >= 11 is 1.44. The number of piperazine rings is 1. The second-order valence-electron chi connectivity index (χ2n) is 6.04. The van der Waals surface area contributed by atoms with Gasteiger partial charge in [-0.1, -0.05) is 6.07 Å². The number of carbonyl (C=O) groups is 2. The molecule has 0 radical (unpaired) electrons. The van der Waals surface area contributed by atoms with Crippen LogP contribution in [0.2, 0.25) is 0 Å². The quantitative estimate of drug-likeness (QED) is 0.826. The molecule has 0 N–H and O–H groups in total. The van der Waals surface area contributed by atoms with E-state index < -0.39 is 0 Å². The van der Waals surface area contributed by atoms with Crippen LogP contribution in [0.5, 0.6) is 11.5 Å². The van der Waals surface area contributed by atoms with Crippen LogP contribution >= 0.6 is 11.3 Å². The maximum Gasteiger partial charge on any atom is 0.264 e. The lowest BCUT2D eigenvalue weighted by Gasteiger charge is -2.35. The zero-order chi connectivity index (χ0) is 18.7. The first-order valence-corrected chi connectivity index (χ1v) is 9.28. The molecule has 0 saturated carbocycles. The van der Waals surface area contributed by atoms with Gasteiger partial charge in [-0.25, -0.2) is 0 Å².